The van der Waals surface area contributed by atoms with Gasteiger partial charge in [0.15, 0.2) is 0 Å². The van der Waals surface area contributed by atoms with Crippen LogP contribution in [0.15, 0.2) is 0 Å². The van der Waals surface area contributed by atoms with E-state index >= 15 is 0 Å². The number of rotatable bonds is 6. The predicted molar refractivity (Wildman–Crippen MR) is 72.9 cm³/mol. The molecular formula is C16H29N. The largest absolute Gasteiger partial charge is 0.314 e. The Hall–Kier alpha value is -0.0400. The Labute approximate surface area is 107 Å². The summed E-state index contributed by atoms with van der Waals surface area (Å²) in [7, 11) is 0. The van der Waals surface area contributed by atoms with Crippen LogP contribution in [0.2, 0.25) is 0 Å². The zero-order valence-electron chi connectivity index (χ0n) is 11.6. The van der Waals surface area contributed by atoms with Crippen LogP contribution in [0.4, 0.5) is 0 Å². The van der Waals surface area contributed by atoms with Crippen LogP contribution in [-0.2, 0) is 0 Å². The van der Waals surface area contributed by atoms with Gasteiger partial charge >= 0.3 is 0 Å². The van der Waals surface area contributed by atoms with E-state index in [0.29, 0.717) is 0 Å². The SMILES string of the molecule is CC(C)C(CNC1CC1)CC1CC2CCC1C2. The quantitative estimate of drug-likeness (QED) is 0.737. The van der Waals surface area contributed by atoms with Crippen molar-refractivity contribution in [2.24, 2.45) is 29.6 Å². The van der Waals surface area contributed by atoms with E-state index in [0.717, 1.165) is 35.6 Å². The summed E-state index contributed by atoms with van der Waals surface area (Å²) in [5, 5.41) is 3.76. The molecule has 1 nitrogen and oxygen atoms in total. The molecule has 0 heterocycles. The minimum absolute atomic E-state index is 0.861. The summed E-state index contributed by atoms with van der Waals surface area (Å²) in [6.07, 6.45) is 10.6. The van der Waals surface area contributed by atoms with Crippen molar-refractivity contribution in [2.75, 3.05) is 6.54 Å². The van der Waals surface area contributed by atoms with E-state index in [2.05, 4.69) is 19.2 Å². The molecule has 0 aromatic carbocycles. The fourth-order valence-corrected chi connectivity index (χ4v) is 4.25. The molecule has 3 rings (SSSR count). The van der Waals surface area contributed by atoms with Crippen LogP contribution in [0, 0.1) is 29.6 Å². The van der Waals surface area contributed by atoms with E-state index in [4.69, 9.17) is 0 Å². The van der Waals surface area contributed by atoms with E-state index in [9.17, 15) is 0 Å². The van der Waals surface area contributed by atoms with Gasteiger partial charge in [-0.2, -0.15) is 0 Å². The maximum atomic E-state index is 3.76. The molecule has 17 heavy (non-hydrogen) atoms. The standard InChI is InChI=1S/C16H29N/c1-11(2)15(10-17-16-5-6-16)9-14-8-12-3-4-13(14)7-12/h11-17H,3-10H2,1-2H3. The highest BCUT2D eigenvalue weighted by Crippen LogP contribution is 2.50. The molecule has 0 radical (unpaired) electrons. The third-order valence-corrected chi connectivity index (χ3v) is 5.68. The molecule has 4 unspecified atom stereocenters. The molecule has 3 saturated carbocycles. The monoisotopic (exact) mass is 235 g/mol. The average Bonchev–Trinajstić information content (AvgIpc) is 2.90. The van der Waals surface area contributed by atoms with Crippen LogP contribution in [0.25, 0.3) is 0 Å². The first-order chi connectivity index (χ1) is 8.22. The van der Waals surface area contributed by atoms with Crippen molar-refractivity contribution in [3.63, 3.8) is 0 Å². The van der Waals surface area contributed by atoms with E-state index in [-0.39, 0.29) is 0 Å². The molecule has 3 aliphatic carbocycles. The number of hydrogen-bond donors (Lipinski definition) is 1. The van der Waals surface area contributed by atoms with Crippen LogP contribution >= 0.6 is 0 Å². The van der Waals surface area contributed by atoms with Crippen LogP contribution in [0.1, 0.15) is 58.8 Å². The topological polar surface area (TPSA) is 12.0 Å². The molecule has 0 aromatic rings. The van der Waals surface area contributed by atoms with E-state index in [1.807, 2.05) is 0 Å². The van der Waals surface area contributed by atoms with E-state index in [1.165, 1.54) is 25.8 Å². The maximum Gasteiger partial charge on any atom is 0.00683 e. The van der Waals surface area contributed by atoms with Gasteiger partial charge in [-0.25, -0.2) is 0 Å². The molecule has 0 amide bonds. The van der Waals surface area contributed by atoms with Crippen molar-refractivity contribution in [2.45, 2.75) is 64.8 Å². The third kappa shape index (κ3) is 2.86. The van der Waals surface area contributed by atoms with Crippen molar-refractivity contribution in [1.82, 2.24) is 5.32 Å². The highest BCUT2D eigenvalue weighted by atomic mass is 14.9. The molecule has 1 N–H and O–H groups in total. The number of hydrogen-bond acceptors (Lipinski definition) is 1. The lowest BCUT2D eigenvalue weighted by atomic mass is 9.79. The smallest absolute Gasteiger partial charge is 0.00683 e. The molecular weight excluding hydrogens is 206 g/mol. The normalized spacial score (nSPS) is 37.9. The maximum absolute atomic E-state index is 3.76. The molecule has 2 bridgehead atoms. The van der Waals surface area contributed by atoms with Crippen molar-refractivity contribution in [3.8, 4) is 0 Å². The zero-order valence-corrected chi connectivity index (χ0v) is 11.6. The fourth-order valence-electron chi connectivity index (χ4n) is 4.25. The average molecular weight is 235 g/mol. The minimum Gasteiger partial charge on any atom is -0.314 e. The van der Waals surface area contributed by atoms with E-state index < -0.39 is 0 Å². The second-order valence-electron chi connectivity index (χ2n) is 7.36. The molecule has 98 valence electrons. The fraction of sp³-hybridized carbons (Fsp3) is 1.00. The Bertz CT molecular complexity index is 256. The van der Waals surface area contributed by atoms with Gasteiger partial charge in [-0.3, -0.25) is 0 Å². The Morgan fingerprint density at radius 3 is 2.41 bits per heavy atom. The van der Waals surface area contributed by atoms with Gasteiger partial charge < -0.3 is 5.32 Å². The summed E-state index contributed by atoms with van der Waals surface area (Å²) in [4.78, 5) is 0. The van der Waals surface area contributed by atoms with Crippen molar-refractivity contribution < 1.29 is 0 Å². The van der Waals surface area contributed by atoms with Gasteiger partial charge in [-0.15, -0.1) is 0 Å². The molecule has 4 atom stereocenters. The molecule has 0 aromatic heterocycles. The Kier molecular flexibility index (Phi) is 3.47. The van der Waals surface area contributed by atoms with Gasteiger partial charge in [-0.05, 0) is 74.7 Å². The van der Waals surface area contributed by atoms with Crippen LogP contribution in [0.3, 0.4) is 0 Å². The van der Waals surface area contributed by atoms with Crippen LogP contribution in [-0.4, -0.2) is 12.6 Å². The molecule has 0 saturated heterocycles. The Morgan fingerprint density at radius 1 is 1.06 bits per heavy atom. The summed E-state index contributed by atoms with van der Waals surface area (Å²) in [6, 6.07) is 0.885. The molecule has 1 heteroatoms. The van der Waals surface area contributed by atoms with Gasteiger partial charge in [0.1, 0.15) is 0 Å². The molecule has 3 aliphatic rings. The summed E-state index contributed by atoms with van der Waals surface area (Å²) in [5.74, 6) is 5.11. The number of nitrogens with one attached hydrogen (secondary N) is 1. The second kappa shape index (κ2) is 4.91. The summed E-state index contributed by atoms with van der Waals surface area (Å²) < 4.78 is 0. The predicted octanol–water partition coefficient (Wildman–Crippen LogP) is 3.84. The lowest BCUT2D eigenvalue weighted by molar-refractivity contribution is 0.227. The molecule has 3 fully saturated rings. The van der Waals surface area contributed by atoms with Gasteiger partial charge in [-0.1, -0.05) is 20.3 Å². The first-order valence-corrected chi connectivity index (χ1v) is 7.95. The van der Waals surface area contributed by atoms with E-state index in [1.54, 1.807) is 25.7 Å². The van der Waals surface area contributed by atoms with Crippen LogP contribution in [0.5, 0.6) is 0 Å². The Balaban J connectivity index is 1.49. The van der Waals surface area contributed by atoms with Crippen molar-refractivity contribution >= 4 is 0 Å². The zero-order chi connectivity index (χ0) is 11.8. The Morgan fingerprint density at radius 2 is 1.88 bits per heavy atom. The highest BCUT2D eigenvalue weighted by Gasteiger charge is 2.40. The van der Waals surface area contributed by atoms with Gasteiger partial charge in [0.05, 0.1) is 0 Å². The summed E-state index contributed by atoms with van der Waals surface area (Å²) in [6.45, 7) is 6.13. The number of fused-ring (bicyclic) bond motifs is 2. The lowest BCUT2D eigenvalue weighted by Crippen LogP contribution is -2.30. The summed E-state index contributed by atoms with van der Waals surface area (Å²) >= 11 is 0. The molecule has 0 aliphatic heterocycles. The second-order valence-corrected chi connectivity index (χ2v) is 7.36. The first kappa shape index (κ1) is 12.0. The van der Waals surface area contributed by atoms with Gasteiger partial charge in [0, 0.05) is 6.04 Å². The third-order valence-electron chi connectivity index (χ3n) is 5.68. The summed E-state index contributed by atoms with van der Waals surface area (Å²) in [5.41, 5.74) is 0. The lowest BCUT2D eigenvalue weighted by Gasteiger charge is -2.29. The first-order valence-electron chi connectivity index (χ1n) is 7.95. The minimum atomic E-state index is 0.861. The van der Waals surface area contributed by atoms with Gasteiger partial charge in [0.25, 0.3) is 0 Å². The highest BCUT2D eigenvalue weighted by molar-refractivity contribution is 4.91. The van der Waals surface area contributed by atoms with Crippen molar-refractivity contribution in [3.05, 3.63) is 0 Å². The van der Waals surface area contributed by atoms with Gasteiger partial charge in [0.2, 0.25) is 0 Å². The van der Waals surface area contributed by atoms with Crippen LogP contribution < -0.4 is 5.32 Å². The van der Waals surface area contributed by atoms with Crippen molar-refractivity contribution in [1.29, 1.82) is 0 Å². The molecule has 0 spiro atoms.